The van der Waals surface area contributed by atoms with E-state index in [4.69, 9.17) is 4.74 Å². The van der Waals surface area contributed by atoms with Crippen LogP contribution in [0.2, 0.25) is 0 Å². The van der Waals surface area contributed by atoms with Crippen molar-refractivity contribution in [2.24, 2.45) is 7.05 Å². The molecule has 1 aromatic rings. The largest absolute Gasteiger partial charge is 0.390 e. The number of halogens is 1. The fraction of sp³-hybridized carbons (Fsp3) is 0.769. The number of ether oxygens (including phenoxy) is 1. The van der Waals surface area contributed by atoms with Crippen molar-refractivity contribution >= 4 is 15.9 Å². The summed E-state index contributed by atoms with van der Waals surface area (Å²) in [5.41, 5.74) is 1.81. The number of hydrogen-bond acceptors (Lipinski definition) is 3. The van der Waals surface area contributed by atoms with Crippen LogP contribution >= 0.6 is 15.9 Å². The van der Waals surface area contributed by atoms with E-state index in [1.54, 1.807) is 0 Å². The molecule has 4 nitrogen and oxygen atoms in total. The van der Waals surface area contributed by atoms with E-state index in [0.29, 0.717) is 13.0 Å². The van der Waals surface area contributed by atoms with Gasteiger partial charge in [-0.1, -0.05) is 6.92 Å². The molecule has 0 aliphatic rings. The third kappa shape index (κ3) is 4.37. The summed E-state index contributed by atoms with van der Waals surface area (Å²) in [4.78, 5) is 0. The lowest BCUT2D eigenvalue weighted by molar-refractivity contribution is -0.0486. The van der Waals surface area contributed by atoms with Gasteiger partial charge in [-0.3, -0.25) is 4.68 Å². The van der Waals surface area contributed by atoms with Crippen LogP contribution in [0.25, 0.3) is 0 Å². The maximum atomic E-state index is 10.0. The fourth-order valence-corrected chi connectivity index (χ4v) is 2.45. The molecule has 0 spiro atoms. The number of aryl methyl sites for hydroxylation is 2. The van der Waals surface area contributed by atoms with Gasteiger partial charge in [-0.15, -0.1) is 0 Å². The summed E-state index contributed by atoms with van der Waals surface area (Å²) in [6.07, 6.45) is 0.907. The normalized spacial score (nSPS) is 13.9. The van der Waals surface area contributed by atoms with E-state index in [9.17, 15) is 5.11 Å². The highest BCUT2D eigenvalue weighted by Crippen LogP contribution is 2.23. The molecule has 104 valence electrons. The molecule has 0 aliphatic carbocycles. The van der Waals surface area contributed by atoms with Crippen LogP contribution in [-0.2, 0) is 24.6 Å². The predicted molar refractivity (Wildman–Crippen MR) is 75.7 cm³/mol. The Morgan fingerprint density at radius 3 is 2.50 bits per heavy atom. The Morgan fingerprint density at radius 1 is 1.44 bits per heavy atom. The Kier molecular flexibility index (Phi) is 5.37. The second kappa shape index (κ2) is 6.17. The molecule has 1 N–H and O–H groups in total. The second-order valence-corrected chi connectivity index (χ2v) is 6.26. The number of nitrogens with zero attached hydrogens (tertiary/aromatic N) is 2. The lowest BCUT2D eigenvalue weighted by Gasteiger charge is -2.22. The predicted octanol–water partition coefficient (Wildman–Crippen LogP) is 2.46. The third-order valence-corrected chi connectivity index (χ3v) is 3.56. The van der Waals surface area contributed by atoms with Crippen LogP contribution in [0.4, 0.5) is 0 Å². The van der Waals surface area contributed by atoms with E-state index in [1.807, 2.05) is 32.5 Å². The van der Waals surface area contributed by atoms with Gasteiger partial charge in [0, 0.05) is 13.5 Å². The van der Waals surface area contributed by atoms with Crippen molar-refractivity contribution in [2.45, 2.75) is 52.2 Å². The van der Waals surface area contributed by atoms with Crippen molar-refractivity contribution in [1.82, 2.24) is 9.78 Å². The van der Waals surface area contributed by atoms with E-state index in [2.05, 4.69) is 28.0 Å². The van der Waals surface area contributed by atoms with Gasteiger partial charge in [0.25, 0.3) is 0 Å². The monoisotopic (exact) mass is 318 g/mol. The van der Waals surface area contributed by atoms with Crippen LogP contribution in [0.15, 0.2) is 4.47 Å². The molecular weight excluding hydrogens is 296 g/mol. The molecule has 0 saturated heterocycles. The molecule has 0 radical (unpaired) electrons. The third-order valence-electron chi connectivity index (χ3n) is 2.64. The van der Waals surface area contributed by atoms with Crippen LogP contribution in [0.5, 0.6) is 0 Å². The van der Waals surface area contributed by atoms with Crippen molar-refractivity contribution in [3.63, 3.8) is 0 Å². The summed E-state index contributed by atoms with van der Waals surface area (Å²) in [6.45, 7) is 8.34. The molecular formula is C13H23BrN2O2. The number of hydrogen-bond donors (Lipinski definition) is 1. The Bertz CT molecular complexity index is 396. The standard InChI is InChI=1S/C13H23BrN2O2/c1-6-10-12(14)11(16(5)15-10)7-9(17)8-18-13(2,3)4/h9,17H,6-8H2,1-5H3. The summed E-state index contributed by atoms with van der Waals surface area (Å²) in [6, 6.07) is 0. The van der Waals surface area contributed by atoms with Gasteiger partial charge >= 0.3 is 0 Å². The lowest BCUT2D eigenvalue weighted by Crippen LogP contribution is -2.27. The molecule has 0 aromatic carbocycles. The van der Waals surface area contributed by atoms with Crippen molar-refractivity contribution < 1.29 is 9.84 Å². The smallest absolute Gasteiger partial charge is 0.0829 e. The van der Waals surface area contributed by atoms with E-state index in [-0.39, 0.29) is 5.60 Å². The zero-order valence-corrected chi connectivity index (χ0v) is 13.4. The molecule has 0 bridgehead atoms. The summed E-state index contributed by atoms with van der Waals surface area (Å²) in [5.74, 6) is 0. The molecule has 0 aliphatic heterocycles. The molecule has 1 unspecified atom stereocenters. The molecule has 18 heavy (non-hydrogen) atoms. The summed E-state index contributed by atoms with van der Waals surface area (Å²) in [5, 5.41) is 14.4. The molecule has 1 rings (SSSR count). The minimum atomic E-state index is -0.513. The van der Waals surface area contributed by atoms with Gasteiger partial charge in [-0.2, -0.15) is 5.10 Å². The quantitative estimate of drug-likeness (QED) is 0.907. The maximum Gasteiger partial charge on any atom is 0.0829 e. The minimum Gasteiger partial charge on any atom is -0.390 e. The van der Waals surface area contributed by atoms with Crippen molar-refractivity contribution in [1.29, 1.82) is 0 Å². The second-order valence-electron chi connectivity index (χ2n) is 5.47. The van der Waals surface area contributed by atoms with Crippen LogP contribution in [0.3, 0.4) is 0 Å². The number of aliphatic hydroxyl groups excluding tert-OH is 1. The van der Waals surface area contributed by atoms with Gasteiger partial charge in [-0.25, -0.2) is 0 Å². The summed E-state index contributed by atoms with van der Waals surface area (Å²) in [7, 11) is 1.90. The summed E-state index contributed by atoms with van der Waals surface area (Å²) >= 11 is 3.55. The zero-order chi connectivity index (χ0) is 13.9. The first-order chi connectivity index (χ1) is 8.24. The highest BCUT2D eigenvalue weighted by Gasteiger charge is 2.18. The molecule has 1 aromatic heterocycles. The van der Waals surface area contributed by atoms with Crippen LogP contribution < -0.4 is 0 Å². The lowest BCUT2D eigenvalue weighted by atomic mass is 10.1. The fourth-order valence-electron chi connectivity index (χ4n) is 1.67. The zero-order valence-electron chi connectivity index (χ0n) is 11.8. The van der Waals surface area contributed by atoms with E-state index >= 15 is 0 Å². The van der Waals surface area contributed by atoms with Gasteiger partial charge in [0.1, 0.15) is 0 Å². The Labute approximate surface area is 117 Å². The summed E-state index contributed by atoms with van der Waals surface area (Å²) < 4.78 is 8.41. The number of aromatic nitrogens is 2. The van der Waals surface area contributed by atoms with Crippen LogP contribution in [0.1, 0.15) is 39.1 Å². The van der Waals surface area contributed by atoms with E-state index < -0.39 is 6.10 Å². The van der Waals surface area contributed by atoms with Gasteiger partial charge < -0.3 is 9.84 Å². The van der Waals surface area contributed by atoms with Gasteiger partial charge in [0.2, 0.25) is 0 Å². The first kappa shape index (κ1) is 15.7. The van der Waals surface area contributed by atoms with Crippen LogP contribution in [0, 0.1) is 0 Å². The Morgan fingerprint density at radius 2 is 2.06 bits per heavy atom. The van der Waals surface area contributed by atoms with Gasteiger partial charge in [0.05, 0.1) is 34.2 Å². The average molecular weight is 319 g/mol. The van der Waals surface area contributed by atoms with Gasteiger partial charge in [-0.05, 0) is 43.1 Å². The number of rotatable bonds is 5. The molecule has 1 heterocycles. The van der Waals surface area contributed by atoms with Crippen molar-refractivity contribution in [2.75, 3.05) is 6.61 Å². The van der Waals surface area contributed by atoms with Crippen molar-refractivity contribution in [3.8, 4) is 0 Å². The highest BCUT2D eigenvalue weighted by atomic mass is 79.9. The number of aliphatic hydroxyl groups is 1. The maximum absolute atomic E-state index is 10.0. The molecule has 0 saturated carbocycles. The Balaban J connectivity index is 2.64. The van der Waals surface area contributed by atoms with E-state index in [0.717, 1.165) is 22.3 Å². The molecule has 0 amide bonds. The SMILES string of the molecule is CCc1nn(C)c(CC(O)COC(C)(C)C)c1Br. The molecule has 1 atom stereocenters. The topological polar surface area (TPSA) is 47.3 Å². The van der Waals surface area contributed by atoms with Crippen LogP contribution in [-0.4, -0.2) is 33.2 Å². The molecule has 0 fully saturated rings. The Hall–Kier alpha value is -0.390. The average Bonchev–Trinajstić information content (AvgIpc) is 2.53. The first-order valence-electron chi connectivity index (χ1n) is 6.27. The van der Waals surface area contributed by atoms with Crippen molar-refractivity contribution in [3.05, 3.63) is 15.9 Å². The molecule has 5 heteroatoms. The highest BCUT2D eigenvalue weighted by molar-refractivity contribution is 9.10. The minimum absolute atomic E-state index is 0.223. The van der Waals surface area contributed by atoms with Gasteiger partial charge in [0.15, 0.2) is 0 Å². The van der Waals surface area contributed by atoms with E-state index in [1.165, 1.54) is 0 Å². The first-order valence-corrected chi connectivity index (χ1v) is 7.06.